The Hall–Kier alpha value is -2.30. The van der Waals surface area contributed by atoms with E-state index < -0.39 is 0 Å². The Morgan fingerprint density at radius 3 is 2.87 bits per heavy atom. The van der Waals surface area contributed by atoms with Crippen molar-refractivity contribution in [2.45, 2.75) is 26.2 Å². The van der Waals surface area contributed by atoms with E-state index in [4.69, 9.17) is 15.3 Å². The lowest BCUT2D eigenvalue weighted by Gasteiger charge is -2.30. The van der Waals surface area contributed by atoms with E-state index in [9.17, 15) is 0 Å². The van der Waals surface area contributed by atoms with Gasteiger partial charge in [0.2, 0.25) is 0 Å². The van der Waals surface area contributed by atoms with Crippen LogP contribution in [0.25, 0.3) is 6.08 Å². The first-order valence-electron chi connectivity index (χ1n) is 8.19. The van der Waals surface area contributed by atoms with Gasteiger partial charge in [-0.25, -0.2) is 0 Å². The molecule has 0 saturated carbocycles. The number of likely N-dealkylation sites (tertiary alicyclic amines) is 1. The molecule has 1 unspecified atom stereocenters. The van der Waals surface area contributed by atoms with Crippen LogP contribution >= 0.6 is 0 Å². The van der Waals surface area contributed by atoms with Gasteiger partial charge in [-0.3, -0.25) is 0 Å². The molecule has 1 aliphatic rings. The summed E-state index contributed by atoms with van der Waals surface area (Å²) in [6.45, 7) is 6.39. The molecule has 0 radical (unpaired) electrons. The predicted octanol–water partition coefficient (Wildman–Crippen LogP) is 3.62. The highest BCUT2D eigenvalue weighted by Gasteiger charge is 2.15. The fourth-order valence-corrected chi connectivity index (χ4v) is 2.94. The number of piperidine rings is 1. The molecule has 1 aliphatic heterocycles. The van der Waals surface area contributed by atoms with Gasteiger partial charge in [0, 0.05) is 18.7 Å². The SMILES string of the molecule is CC1CCCN(CCCOc2ccccc2C=C(C#N)C#N)C1. The number of ether oxygens (including phenoxy) is 1. The van der Waals surface area contributed by atoms with Gasteiger partial charge in [0.25, 0.3) is 0 Å². The number of hydrogen-bond acceptors (Lipinski definition) is 4. The molecule has 1 aromatic rings. The number of nitrogens with zero attached hydrogens (tertiary/aromatic N) is 3. The summed E-state index contributed by atoms with van der Waals surface area (Å²) in [4.78, 5) is 2.51. The molecule has 1 aromatic carbocycles. The van der Waals surface area contributed by atoms with Crippen LogP contribution in [0.15, 0.2) is 29.8 Å². The third kappa shape index (κ3) is 5.43. The minimum absolute atomic E-state index is 0.0864. The number of benzene rings is 1. The molecule has 0 aromatic heterocycles. The minimum atomic E-state index is 0.0864. The molecule has 4 heteroatoms. The molecule has 1 fully saturated rings. The quantitative estimate of drug-likeness (QED) is 0.595. The van der Waals surface area contributed by atoms with Crippen LogP contribution in [0.2, 0.25) is 0 Å². The first kappa shape index (κ1) is 17.1. The van der Waals surface area contributed by atoms with Crippen molar-refractivity contribution in [2.24, 2.45) is 5.92 Å². The lowest BCUT2D eigenvalue weighted by molar-refractivity contribution is 0.170. The van der Waals surface area contributed by atoms with E-state index in [1.54, 1.807) is 6.08 Å². The van der Waals surface area contributed by atoms with Crippen LogP contribution in [0.1, 0.15) is 31.7 Å². The molecule has 0 spiro atoms. The van der Waals surface area contributed by atoms with Gasteiger partial charge in [-0.15, -0.1) is 0 Å². The van der Waals surface area contributed by atoms with Crippen molar-refractivity contribution in [2.75, 3.05) is 26.2 Å². The molecule has 1 saturated heterocycles. The molecule has 0 N–H and O–H groups in total. The molecule has 120 valence electrons. The third-order valence-corrected chi connectivity index (χ3v) is 4.08. The van der Waals surface area contributed by atoms with E-state index in [2.05, 4.69) is 11.8 Å². The van der Waals surface area contributed by atoms with E-state index in [0.29, 0.717) is 6.61 Å². The highest BCUT2D eigenvalue weighted by Crippen LogP contribution is 2.21. The van der Waals surface area contributed by atoms with Gasteiger partial charge in [-0.05, 0) is 43.9 Å². The fraction of sp³-hybridized carbons (Fsp3) is 0.474. The molecule has 0 bridgehead atoms. The van der Waals surface area contributed by atoms with Gasteiger partial charge in [-0.1, -0.05) is 25.1 Å². The molecule has 2 rings (SSSR count). The number of nitriles is 2. The highest BCUT2D eigenvalue weighted by atomic mass is 16.5. The molecular weight excluding hydrogens is 286 g/mol. The van der Waals surface area contributed by atoms with Gasteiger partial charge in [0.1, 0.15) is 23.5 Å². The summed E-state index contributed by atoms with van der Waals surface area (Å²) in [5.74, 6) is 1.52. The lowest BCUT2D eigenvalue weighted by atomic mass is 10.0. The van der Waals surface area contributed by atoms with Crippen molar-refractivity contribution in [1.29, 1.82) is 10.5 Å². The summed E-state index contributed by atoms with van der Waals surface area (Å²) in [5, 5.41) is 17.7. The van der Waals surface area contributed by atoms with E-state index in [1.807, 2.05) is 36.4 Å². The van der Waals surface area contributed by atoms with Crippen molar-refractivity contribution >= 4 is 6.08 Å². The molecule has 1 heterocycles. The Balaban J connectivity index is 1.85. The first-order chi connectivity index (χ1) is 11.2. The zero-order valence-electron chi connectivity index (χ0n) is 13.7. The summed E-state index contributed by atoms with van der Waals surface area (Å²) >= 11 is 0. The van der Waals surface area contributed by atoms with Gasteiger partial charge in [0.05, 0.1) is 6.61 Å². The Morgan fingerprint density at radius 2 is 2.13 bits per heavy atom. The second kappa shape index (κ2) is 8.98. The lowest BCUT2D eigenvalue weighted by Crippen LogP contribution is -2.35. The summed E-state index contributed by atoms with van der Waals surface area (Å²) in [6, 6.07) is 11.3. The Labute approximate surface area is 138 Å². The average molecular weight is 309 g/mol. The second-order valence-electron chi connectivity index (χ2n) is 6.07. The van der Waals surface area contributed by atoms with E-state index >= 15 is 0 Å². The van der Waals surface area contributed by atoms with E-state index in [1.165, 1.54) is 25.9 Å². The maximum Gasteiger partial charge on any atom is 0.130 e. The maximum absolute atomic E-state index is 8.87. The molecule has 23 heavy (non-hydrogen) atoms. The molecular formula is C19H23N3O. The zero-order chi connectivity index (χ0) is 16.5. The monoisotopic (exact) mass is 309 g/mol. The van der Waals surface area contributed by atoms with E-state index in [-0.39, 0.29) is 5.57 Å². The fourth-order valence-electron chi connectivity index (χ4n) is 2.94. The number of rotatable bonds is 6. The predicted molar refractivity (Wildman–Crippen MR) is 90.6 cm³/mol. The summed E-state index contributed by atoms with van der Waals surface area (Å²) in [5.41, 5.74) is 0.862. The number of allylic oxidation sites excluding steroid dienone is 1. The van der Waals surface area contributed by atoms with Gasteiger partial charge < -0.3 is 9.64 Å². The summed E-state index contributed by atoms with van der Waals surface area (Å²) in [7, 11) is 0. The van der Waals surface area contributed by atoms with Crippen LogP contribution in [-0.4, -0.2) is 31.1 Å². The highest BCUT2D eigenvalue weighted by molar-refractivity contribution is 5.66. The van der Waals surface area contributed by atoms with Crippen LogP contribution < -0.4 is 4.74 Å². The average Bonchev–Trinajstić information content (AvgIpc) is 2.57. The van der Waals surface area contributed by atoms with Crippen LogP contribution in [0.5, 0.6) is 5.75 Å². The van der Waals surface area contributed by atoms with Gasteiger partial charge in [0.15, 0.2) is 0 Å². The zero-order valence-corrected chi connectivity index (χ0v) is 13.7. The Bertz CT molecular complexity index is 608. The topological polar surface area (TPSA) is 60.0 Å². The summed E-state index contributed by atoms with van der Waals surface area (Å²) < 4.78 is 5.85. The Kier molecular flexibility index (Phi) is 6.66. The van der Waals surface area contributed by atoms with E-state index in [0.717, 1.165) is 30.2 Å². The molecule has 0 aliphatic carbocycles. The van der Waals surface area contributed by atoms with Crippen molar-refractivity contribution in [1.82, 2.24) is 4.90 Å². The summed E-state index contributed by atoms with van der Waals surface area (Å²) in [6.07, 6.45) is 5.18. The maximum atomic E-state index is 8.87. The van der Waals surface area contributed by atoms with Crippen LogP contribution in [0.4, 0.5) is 0 Å². The number of hydrogen-bond donors (Lipinski definition) is 0. The van der Waals surface area contributed by atoms with Crippen LogP contribution in [-0.2, 0) is 0 Å². The van der Waals surface area contributed by atoms with Gasteiger partial charge in [-0.2, -0.15) is 10.5 Å². The third-order valence-electron chi connectivity index (χ3n) is 4.08. The number of para-hydroxylation sites is 1. The van der Waals surface area contributed by atoms with Crippen molar-refractivity contribution < 1.29 is 4.74 Å². The standard InChI is InChI=1S/C19H23N3O/c1-16-6-4-9-22(15-16)10-5-11-23-19-8-3-2-7-18(19)12-17(13-20)14-21/h2-3,7-8,12,16H,4-6,9-11,15H2,1H3. The smallest absolute Gasteiger partial charge is 0.130 e. The van der Waals surface area contributed by atoms with Crippen molar-refractivity contribution in [3.8, 4) is 17.9 Å². The minimum Gasteiger partial charge on any atom is -0.493 e. The molecule has 4 nitrogen and oxygen atoms in total. The van der Waals surface area contributed by atoms with Crippen LogP contribution in [0.3, 0.4) is 0 Å². The molecule has 1 atom stereocenters. The normalized spacial score (nSPS) is 17.8. The first-order valence-corrected chi connectivity index (χ1v) is 8.19. The molecule has 0 amide bonds. The second-order valence-corrected chi connectivity index (χ2v) is 6.07. The Morgan fingerprint density at radius 1 is 1.35 bits per heavy atom. The largest absolute Gasteiger partial charge is 0.493 e. The van der Waals surface area contributed by atoms with Crippen molar-refractivity contribution in [3.05, 3.63) is 35.4 Å². The van der Waals surface area contributed by atoms with Crippen molar-refractivity contribution in [3.63, 3.8) is 0 Å². The van der Waals surface area contributed by atoms with Crippen LogP contribution in [0, 0.1) is 28.6 Å². The van der Waals surface area contributed by atoms with Gasteiger partial charge >= 0.3 is 0 Å².